The van der Waals surface area contributed by atoms with Gasteiger partial charge in [0.1, 0.15) is 6.61 Å². The first-order valence-corrected chi connectivity index (χ1v) is 6.81. The van der Waals surface area contributed by atoms with Gasteiger partial charge < -0.3 is 14.8 Å². The molecule has 0 spiro atoms. The molecule has 0 aliphatic carbocycles. The number of alkyl halides is 3. The van der Waals surface area contributed by atoms with Crippen molar-refractivity contribution < 1.29 is 27.4 Å². The number of aryl methyl sites for hydroxylation is 1. The van der Waals surface area contributed by atoms with E-state index >= 15 is 0 Å². The summed E-state index contributed by atoms with van der Waals surface area (Å²) in [5.74, 6) is -0.618. The van der Waals surface area contributed by atoms with Crippen LogP contribution in [0.2, 0.25) is 0 Å². The number of carbonyl (C=O) groups excluding carboxylic acids is 1. The lowest BCUT2D eigenvalue weighted by molar-refractivity contribution is -0.141. The van der Waals surface area contributed by atoms with Crippen molar-refractivity contribution in [2.75, 3.05) is 25.6 Å². The molecule has 1 amide bonds. The first-order chi connectivity index (χ1) is 11.3. The van der Waals surface area contributed by atoms with Crippen LogP contribution in [0.25, 0.3) is 0 Å². The molecule has 0 radical (unpaired) electrons. The predicted octanol–water partition coefficient (Wildman–Crippen LogP) is 2.11. The van der Waals surface area contributed by atoms with E-state index in [2.05, 4.69) is 15.4 Å². The van der Waals surface area contributed by atoms with Crippen molar-refractivity contribution in [3.05, 3.63) is 35.8 Å². The first kappa shape index (κ1) is 17.7. The van der Waals surface area contributed by atoms with E-state index in [9.17, 15) is 18.0 Å². The lowest BCUT2D eigenvalue weighted by atomic mass is 10.2. The van der Waals surface area contributed by atoms with E-state index in [-0.39, 0.29) is 5.69 Å². The standard InChI is InChI=1S/C14H15F3N4O3/c1-21-8-10(12(20-21)14(15,16)17)13(22)19-9-3-4-11(18-7-9)24-6-5-23-2/h3-4,7-8H,5-6H2,1-2H3,(H,19,22). The van der Waals surface area contributed by atoms with E-state index in [1.54, 1.807) is 0 Å². The van der Waals surface area contributed by atoms with Gasteiger partial charge >= 0.3 is 6.18 Å². The summed E-state index contributed by atoms with van der Waals surface area (Å²) in [5.41, 5.74) is -1.57. The summed E-state index contributed by atoms with van der Waals surface area (Å²) in [6.45, 7) is 0.696. The van der Waals surface area contributed by atoms with Crippen molar-refractivity contribution in [1.82, 2.24) is 14.8 Å². The molecule has 130 valence electrons. The maximum Gasteiger partial charge on any atom is 0.435 e. The van der Waals surface area contributed by atoms with Crippen LogP contribution < -0.4 is 10.1 Å². The molecule has 0 bridgehead atoms. The van der Waals surface area contributed by atoms with Crippen molar-refractivity contribution in [3.8, 4) is 5.88 Å². The fourth-order valence-corrected chi connectivity index (χ4v) is 1.83. The van der Waals surface area contributed by atoms with E-state index < -0.39 is 23.3 Å². The fraction of sp³-hybridized carbons (Fsp3) is 0.357. The number of nitrogens with zero attached hydrogens (tertiary/aromatic N) is 3. The molecule has 2 heterocycles. The van der Waals surface area contributed by atoms with E-state index in [4.69, 9.17) is 9.47 Å². The number of hydrogen-bond acceptors (Lipinski definition) is 5. The minimum atomic E-state index is -4.72. The van der Waals surface area contributed by atoms with Crippen molar-refractivity contribution in [3.63, 3.8) is 0 Å². The zero-order valence-corrected chi connectivity index (χ0v) is 12.9. The Hall–Kier alpha value is -2.62. The van der Waals surface area contributed by atoms with Gasteiger partial charge in [0.15, 0.2) is 5.69 Å². The number of carbonyl (C=O) groups is 1. The molecular formula is C14H15F3N4O3. The summed E-state index contributed by atoms with van der Waals surface area (Å²) in [4.78, 5) is 16.0. The van der Waals surface area contributed by atoms with Crippen LogP contribution in [-0.2, 0) is 18.0 Å². The fourth-order valence-electron chi connectivity index (χ4n) is 1.83. The number of halogens is 3. The number of rotatable bonds is 6. The smallest absolute Gasteiger partial charge is 0.435 e. The Morgan fingerprint density at radius 1 is 1.33 bits per heavy atom. The molecule has 7 nitrogen and oxygen atoms in total. The van der Waals surface area contributed by atoms with Crippen molar-refractivity contribution in [2.24, 2.45) is 7.05 Å². The number of amides is 1. The Kier molecular flexibility index (Phi) is 5.39. The van der Waals surface area contributed by atoms with Crippen LogP contribution in [0.4, 0.5) is 18.9 Å². The van der Waals surface area contributed by atoms with E-state index in [1.165, 1.54) is 32.5 Å². The summed E-state index contributed by atoms with van der Waals surface area (Å²) < 4.78 is 49.6. The van der Waals surface area contributed by atoms with Crippen LogP contribution >= 0.6 is 0 Å². The van der Waals surface area contributed by atoms with Gasteiger partial charge in [0, 0.05) is 26.4 Å². The molecule has 0 atom stereocenters. The highest BCUT2D eigenvalue weighted by atomic mass is 19.4. The molecule has 24 heavy (non-hydrogen) atoms. The lowest BCUT2D eigenvalue weighted by Crippen LogP contribution is -2.18. The Labute approximate surface area is 135 Å². The van der Waals surface area contributed by atoms with Gasteiger partial charge in [-0.2, -0.15) is 18.3 Å². The number of aromatic nitrogens is 3. The molecule has 2 aromatic rings. The van der Waals surface area contributed by atoms with Crippen LogP contribution in [0.15, 0.2) is 24.5 Å². The maximum atomic E-state index is 12.9. The number of methoxy groups -OCH3 is 1. The van der Waals surface area contributed by atoms with Crippen LogP contribution in [0.5, 0.6) is 5.88 Å². The third-order valence-electron chi connectivity index (χ3n) is 2.87. The van der Waals surface area contributed by atoms with Gasteiger partial charge in [-0.15, -0.1) is 0 Å². The Morgan fingerprint density at radius 2 is 2.08 bits per heavy atom. The van der Waals surface area contributed by atoms with E-state index in [0.717, 1.165) is 10.9 Å². The Morgan fingerprint density at radius 3 is 2.67 bits per heavy atom. The van der Waals surface area contributed by atoms with Crippen LogP contribution in [0.3, 0.4) is 0 Å². The highest BCUT2D eigenvalue weighted by Gasteiger charge is 2.39. The molecule has 0 aliphatic rings. The second kappa shape index (κ2) is 7.30. The van der Waals surface area contributed by atoms with Gasteiger partial charge in [0.2, 0.25) is 5.88 Å². The monoisotopic (exact) mass is 344 g/mol. The molecular weight excluding hydrogens is 329 g/mol. The van der Waals surface area contributed by atoms with Gasteiger partial charge in [-0.05, 0) is 6.07 Å². The van der Waals surface area contributed by atoms with Gasteiger partial charge in [-0.3, -0.25) is 9.48 Å². The largest absolute Gasteiger partial charge is 0.475 e. The maximum absolute atomic E-state index is 12.9. The van der Waals surface area contributed by atoms with Crippen molar-refractivity contribution in [1.29, 1.82) is 0 Å². The lowest BCUT2D eigenvalue weighted by Gasteiger charge is -2.08. The molecule has 0 saturated carbocycles. The molecule has 10 heteroatoms. The topological polar surface area (TPSA) is 78.3 Å². The van der Waals surface area contributed by atoms with Gasteiger partial charge in [-0.1, -0.05) is 0 Å². The predicted molar refractivity (Wildman–Crippen MR) is 77.8 cm³/mol. The minimum Gasteiger partial charge on any atom is -0.475 e. The quantitative estimate of drug-likeness (QED) is 0.812. The Balaban J connectivity index is 2.07. The van der Waals surface area contributed by atoms with Gasteiger partial charge in [0.05, 0.1) is 24.1 Å². The SMILES string of the molecule is COCCOc1ccc(NC(=O)c2cn(C)nc2C(F)(F)F)cn1. The summed E-state index contributed by atoms with van der Waals surface area (Å²) in [6.07, 6.45) is -2.43. The van der Waals surface area contributed by atoms with E-state index in [1.807, 2.05) is 0 Å². The minimum absolute atomic E-state index is 0.232. The molecule has 0 aromatic carbocycles. The Bertz CT molecular complexity index is 698. The average Bonchev–Trinajstić information content (AvgIpc) is 2.92. The van der Waals surface area contributed by atoms with Gasteiger partial charge in [-0.25, -0.2) is 4.98 Å². The number of ether oxygens (including phenoxy) is 2. The third kappa shape index (κ3) is 4.44. The van der Waals surface area contributed by atoms with Gasteiger partial charge in [0.25, 0.3) is 5.91 Å². The number of hydrogen-bond donors (Lipinski definition) is 1. The number of anilines is 1. The summed E-state index contributed by atoms with van der Waals surface area (Å²) >= 11 is 0. The van der Waals surface area contributed by atoms with Crippen LogP contribution in [0.1, 0.15) is 16.1 Å². The highest BCUT2D eigenvalue weighted by molar-refractivity contribution is 6.05. The number of pyridine rings is 1. The molecule has 2 aromatic heterocycles. The molecule has 0 unspecified atom stereocenters. The zero-order valence-electron chi connectivity index (χ0n) is 12.9. The molecule has 0 aliphatic heterocycles. The second-order valence-electron chi connectivity index (χ2n) is 4.74. The third-order valence-corrected chi connectivity index (χ3v) is 2.87. The summed E-state index contributed by atoms with van der Waals surface area (Å²) in [6, 6.07) is 2.95. The molecule has 1 N–H and O–H groups in total. The van der Waals surface area contributed by atoms with Crippen molar-refractivity contribution >= 4 is 11.6 Å². The second-order valence-corrected chi connectivity index (χ2v) is 4.74. The summed E-state index contributed by atoms with van der Waals surface area (Å²) in [7, 11) is 2.84. The highest BCUT2D eigenvalue weighted by Crippen LogP contribution is 2.30. The zero-order chi connectivity index (χ0) is 17.7. The summed E-state index contributed by atoms with van der Waals surface area (Å²) in [5, 5.41) is 5.63. The first-order valence-electron chi connectivity index (χ1n) is 6.81. The van der Waals surface area contributed by atoms with Crippen LogP contribution in [0, 0.1) is 0 Å². The number of nitrogens with one attached hydrogen (secondary N) is 1. The molecule has 2 rings (SSSR count). The van der Waals surface area contributed by atoms with Crippen molar-refractivity contribution in [2.45, 2.75) is 6.18 Å². The van der Waals surface area contributed by atoms with E-state index in [0.29, 0.717) is 19.1 Å². The average molecular weight is 344 g/mol. The molecule has 0 saturated heterocycles. The normalized spacial score (nSPS) is 11.4. The molecule has 0 fully saturated rings. The van der Waals surface area contributed by atoms with Crippen LogP contribution in [-0.4, -0.2) is 41.0 Å².